The lowest BCUT2D eigenvalue weighted by Crippen LogP contribution is -2.48. The lowest BCUT2D eigenvalue weighted by molar-refractivity contribution is -0.148. The fourth-order valence-corrected chi connectivity index (χ4v) is 4.66. The summed E-state index contributed by atoms with van der Waals surface area (Å²) in [6, 6.07) is 17.2. The van der Waals surface area contributed by atoms with Crippen LogP contribution >= 0.6 is 0 Å². The van der Waals surface area contributed by atoms with E-state index in [1.54, 1.807) is 42.7 Å². The van der Waals surface area contributed by atoms with E-state index in [4.69, 9.17) is 4.42 Å². The van der Waals surface area contributed by atoms with Crippen LogP contribution in [0.1, 0.15) is 46.5 Å². The summed E-state index contributed by atoms with van der Waals surface area (Å²) in [5.74, 6) is -0.995. The van der Waals surface area contributed by atoms with Crippen LogP contribution in [0.25, 0.3) is 22.6 Å². The Morgan fingerprint density at radius 1 is 1.02 bits per heavy atom. The first-order valence-corrected chi connectivity index (χ1v) is 13.4. The number of nitrogens with zero attached hydrogens (tertiary/aromatic N) is 5. The fraction of sp³-hybridized carbons (Fsp3) is 0.233. The summed E-state index contributed by atoms with van der Waals surface area (Å²) >= 11 is 0. The van der Waals surface area contributed by atoms with Crippen molar-refractivity contribution < 1.29 is 24.2 Å². The number of tetrazole rings is 1. The third kappa shape index (κ3) is 6.56. The minimum atomic E-state index is -1.79. The van der Waals surface area contributed by atoms with Gasteiger partial charge in [0.25, 0.3) is 5.91 Å². The first-order valence-electron chi connectivity index (χ1n) is 13.4. The highest BCUT2D eigenvalue weighted by atomic mass is 16.4. The van der Waals surface area contributed by atoms with Crippen molar-refractivity contribution in [2.75, 3.05) is 0 Å². The Morgan fingerprint density at radius 2 is 1.79 bits per heavy atom. The molecule has 0 aliphatic carbocycles. The minimum absolute atomic E-state index is 0.0303. The van der Waals surface area contributed by atoms with Crippen LogP contribution in [0.15, 0.2) is 77.5 Å². The number of aryl methyl sites for hydroxylation is 1. The molecule has 1 amide bonds. The molecular formula is C30H29N7O5. The van der Waals surface area contributed by atoms with Gasteiger partial charge >= 0.3 is 5.97 Å². The quantitative estimate of drug-likeness (QED) is 0.175. The maximum Gasteiger partial charge on any atom is 0.334 e. The summed E-state index contributed by atoms with van der Waals surface area (Å²) in [6.45, 7) is 2.02. The van der Waals surface area contributed by atoms with Crippen LogP contribution in [0.5, 0.6) is 0 Å². The average molecular weight is 568 g/mol. The summed E-state index contributed by atoms with van der Waals surface area (Å²) in [7, 11) is 0. The molecule has 2 atom stereocenters. The molecule has 3 heterocycles. The zero-order valence-corrected chi connectivity index (χ0v) is 22.8. The third-order valence-electron chi connectivity index (χ3n) is 6.73. The highest BCUT2D eigenvalue weighted by Gasteiger charge is 2.29. The molecule has 0 bridgehead atoms. The van der Waals surface area contributed by atoms with Gasteiger partial charge in [-0.15, -0.1) is 10.2 Å². The first-order chi connectivity index (χ1) is 20.4. The van der Waals surface area contributed by atoms with Crippen molar-refractivity contribution in [3.05, 3.63) is 101 Å². The van der Waals surface area contributed by atoms with Gasteiger partial charge in [-0.05, 0) is 35.2 Å². The number of amides is 1. The number of carbonyl (C=O) groups is 2. The number of carboxylic acids is 1. The monoisotopic (exact) mass is 567 g/mol. The number of aliphatic hydroxyl groups is 1. The number of carboxylic acid groups (broad SMARTS) is 1. The summed E-state index contributed by atoms with van der Waals surface area (Å²) < 4.78 is 5.97. The van der Waals surface area contributed by atoms with E-state index in [0.717, 1.165) is 28.7 Å². The number of aromatic nitrogens is 6. The maximum atomic E-state index is 13.2. The summed E-state index contributed by atoms with van der Waals surface area (Å²) in [6.07, 6.45) is 3.43. The van der Waals surface area contributed by atoms with Crippen LogP contribution in [0.3, 0.4) is 0 Å². The van der Waals surface area contributed by atoms with Gasteiger partial charge < -0.3 is 19.9 Å². The second-order valence-electron chi connectivity index (χ2n) is 9.71. The van der Waals surface area contributed by atoms with Crippen molar-refractivity contribution in [1.82, 2.24) is 35.9 Å². The van der Waals surface area contributed by atoms with E-state index in [2.05, 4.69) is 35.9 Å². The van der Waals surface area contributed by atoms with Gasteiger partial charge in [-0.1, -0.05) is 67.9 Å². The molecule has 5 rings (SSSR count). The van der Waals surface area contributed by atoms with Crippen molar-refractivity contribution >= 4 is 11.9 Å². The summed E-state index contributed by atoms with van der Waals surface area (Å²) in [5.41, 5.74) is 4.45. The van der Waals surface area contributed by atoms with Crippen LogP contribution in [0.2, 0.25) is 0 Å². The van der Waals surface area contributed by atoms with E-state index in [9.17, 15) is 19.8 Å². The lowest BCUT2D eigenvalue weighted by Gasteiger charge is -2.21. The average Bonchev–Trinajstić information content (AvgIpc) is 3.68. The molecule has 214 valence electrons. The van der Waals surface area contributed by atoms with E-state index >= 15 is 0 Å². The van der Waals surface area contributed by atoms with Gasteiger partial charge in [0, 0.05) is 17.3 Å². The number of nitrogens with one attached hydrogen (secondary N) is 2. The number of hydrogen-bond acceptors (Lipinski definition) is 9. The number of H-pyrrole nitrogens is 1. The number of benzene rings is 2. The van der Waals surface area contributed by atoms with E-state index in [0.29, 0.717) is 35.8 Å². The Kier molecular flexibility index (Phi) is 8.73. The number of rotatable bonds is 12. The molecule has 2 unspecified atom stereocenters. The van der Waals surface area contributed by atoms with E-state index in [-0.39, 0.29) is 12.2 Å². The fourth-order valence-electron chi connectivity index (χ4n) is 4.66. The molecule has 12 heteroatoms. The molecule has 0 radical (unpaired) electrons. The Hall–Kier alpha value is -5.23. The van der Waals surface area contributed by atoms with Gasteiger partial charge in [0.05, 0.1) is 30.0 Å². The van der Waals surface area contributed by atoms with E-state index in [1.165, 1.54) is 0 Å². The molecule has 12 nitrogen and oxygen atoms in total. The molecule has 2 aromatic carbocycles. The molecule has 0 saturated carbocycles. The number of aliphatic carboxylic acids is 1. The molecule has 0 aliphatic heterocycles. The topological polar surface area (TPSA) is 180 Å². The second-order valence-corrected chi connectivity index (χ2v) is 9.71. The highest BCUT2D eigenvalue weighted by molar-refractivity contribution is 5.92. The van der Waals surface area contributed by atoms with Crippen LogP contribution < -0.4 is 5.32 Å². The van der Waals surface area contributed by atoms with Crippen molar-refractivity contribution in [1.29, 1.82) is 0 Å². The summed E-state index contributed by atoms with van der Waals surface area (Å²) in [4.78, 5) is 33.9. The molecule has 42 heavy (non-hydrogen) atoms. The van der Waals surface area contributed by atoms with Crippen LogP contribution in [0, 0.1) is 0 Å². The van der Waals surface area contributed by atoms with Crippen molar-refractivity contribution in [3.8, 4) is 22.6 Å². The van der Waals surface area contributed by atoms with Gasteiger partial charge in [-0.3, -0.25) is 14.8 Å². The van der Waals surface area contributed by atoms with Crippen molar-refractivity contribution in [2.24, 2.45) is 0 Å². The molecule has 5 aromatic rings. The SMILES string of the molecule is CCCc1cc(C(=O)NC(Cc2ccccc2)C(O)C(=O)O)oc1Cc1cnc(-c2ccccc2-c2nn[nH]n2)cn1. The predicted molar refractivity (Wildman–Crippen MR) is 151 cm³/mol. The standard InChI is InChI=1S/C30H29N7O5/c1-2-8-19-14-26(29(39)33-23(27(38)30(40)41)13-18-9-4-3-5-10-18)42-25(19)15-20-16-32-24(17-31-20)21-11-6-7-12-22(21)28-34-36-37-35-28/h3-7,9-12,14,16-17,23,27,38H,2,8,13,15H2,1H3,(H,33,39)(H,40,41)(H,34,35,36,37). The van der Waals surface area contributed by atoms with Crippen molar-refractivity contribution in [2.45, 2.75) is 44.8 Å². The smallest absolute Gasteiger partial charge is 0.334 e. The Labute approximate surface area is 240 Å². The zero-order chi connectivity index (χ0) is 29.5. The molecular weight excluding hydrogens is 538 g/mol. The highest BCUT2D eigenvalue weighted by Crippen LogP contribution is 2.28. The van der Waals surface area contributed by atoms with Gasteiger partial charge in [0.2, 0.25) is 5.82 Å². The largest absolute Gasteiger partial charge is 0.479 e. The molecule has 0 spiro atoms. The van der Waals surface area contributed by atoms with E-state index < -0.39 is 24.0 Å². The number of hydrogen-bond donors (Lipinski definition) is 4. The zero-order valence-electron chi connectivity index (χ0n) is 22.8. The number of furan rings is 1. The number of aliphatic hydroxyl groups excluding tert-OH is 1. The number of aromatic amines is 1. The Morgan fingerprint density at radius 3 is 2.45 bits per heavy atom. The van der Waals surface area contributed by atoms with Crippen molar-refractivity contribution in [3.63, 3.8) is 0 Å². The Balaban J connectivity index is 1.34. The predicted octanol–water partition coefficient (Wildman–Crippen LogP) is 3.25. The van der Waals surface area contributed by atoms with Gasteiger partial charge in [-0.25, -0.2) is 4.79 Å². The van der Waals surface area contributed by atoms with Gasteiger partial charge in [-0.2, -0.15) is 5.21 Å². The van der Waals surface area contributed by atoms with Gasteiger partial charge in [0.15, 0.2) is 11.9 Å². The second kappa shape index (κ2) is 13.0. The molecule has 4 N–H and O–H groups in total. The normalized spacial score (nSPS) is 12.5. The lowest BCUT2D eigenvalue weighted by atomic mass is 10.0. The maximum absolute atomic E-state index is 13.2. The third-order valence-corrected chi connectivity index (χ3v) is 6.73. The summed E-state index contributed by atoms with van der Waals surface area (Å²) in [5, 5.41) is 36.5. The van der Waals surface area contributed by atoms with Gasteiger partial charge in [0.1, 0.15) is 5.76 Å². The first kappa shape index (κ1) is 28.3. The Bertz CT molecular complexity index is 1640. The molecule has 0 fully saturated rings. The molecule has 0 aliphatic rings. The van der Waals surface area contributed by atoms with Crippen LogP contribution in [0.4, 0.5) is 0 Å². The molecule has 0 saturated heterocycles. The molecule has 3 aromatic heterocycles. The number of carbonyl (C=O) groups excluding carboxylic acids is 1. The van der Waals surface area contributed by atoms with Crippen LogP contribution in [-0.4, -0.2) is 64.8 Å². The van der Waals surface area contributed by atoms with Crippen LogP contribution in [-0.2, 0) is 24.1 Å². The van der Waals surface area contributed by atoms with E-state index in [1.807, 2.05) is 37.3 Å². The minimum Gasteiger partial charge on any atom is -0.479 e.